The molecule has 1 aliphatic rings. The van der Waals surface area contributed by atoms with Gasteiger partial charge >= 0.3 is 5.97 Å². The second-order valence-electron chi connectivity index (χ2n) is 7.10. The standard InChI is InChI=1S/C22H25ClN2O2S/c1-3-27-20(26)16-11-10-15(2)19(14-16)24-21(28)25-22(12-6-7-13-22)17-8-4-5-9-18(17)23/h4-5,8-11,14H,3,6-7,12-13H2,1-2H3,(H2,24,25,28). The zero-order valence-electron chi connectivity index (χ0n) is 16.2. The number of hydrogen-bond acceptors (Lipinski definition) is 3. The molecule has 1 saturated carbocycles. The van der Waals surface area contributed by atoms with Gasteiger partial charge in [-0.1, -0.05) is 48.7 Å². The van der Waals surface area contributed by atoms with Crippen LogP contribution >= 0.6 is 23.8 Å². The summed E-state index contributed by atoms with van der Waals surface area (Å²) in [6.45, 7) is 4.11. The number of aryl methyl sites for hydroxylation is 1. The Morgan fingerprint density at radius 2 is 1.93 bits per heavy atom. The Kier molecular flexibility index (Phi) is 6.57. The number of halogens is 1. The second kappa shape index (κ2) is 8.93. The fraction of sp³-hybridized carbons (Fsp3) is 0.364. The molecule has 0 radical (unpaired) electrons. The van der Waals surface area contributed by atoms with Crippen molar-refractivity contribution in [1.29, 1.82) is 0 Å². The zero-order chi connectivity index (χ0) is 20.1. The van der Waals surface area contributed by atoms with Gasteiger partial charge in [0.2, 0.25) is 0 Å². The molecule has 6 heteroatoms. The number of hydrogen-bond donors (Lipinski definition) is 2. The molecule has 0 aliphatic heterocycles. The van der Waals surface area contributed by atoms with E-state index in [0.717, 1.165) is 47.5 Å². The number of rotatable bonds is 5. The molecule has 3 rings (SSSR count). The normalized spacial score (nSPS) is 15.1. The van der Waals surface area contributed by atoms with Crippen LogP contribution in [0.5, 0.6) is 0 Å². The Morgan fingerprint density at radius 1 is 1.21 bits per heavy atom. The van der Waals surface area contributed by atoms with Crippen LogP contribution in [0.25, 0.3) is 0 Å². The van der Waals surface area contributed by atoms with E-state index in [4.69, 9.17) is 28.6 Å². The van der Waals surface area contributed by atoms with Crippen LogP contribution in [0.3, 0.4) is 0 Å². The number of ether oxygens (including phenoxy) is 1. The van der Waals surface area contributed by atoms with Crippen molar-refractivity contribution < 1.29 is 9.53 Å². The Bertz CT molecular complexity index is 879. The maximum absolute atomic E-state index is 12.0. The summed E-state index contributed by atoms with van der Waals surface area (Å²) in [5, 5.41) is 8.05. The number of benzene rings is 2. The largest absolute Gasteiger partial charge is 0.462 e. The van der Waals surface area contributed by atoms with E-state index in [2.05, 4.69) is 16.7 Å². The van der Waals surface area contributed by atoms with E-state index in [1.54, 1.807) is 19.1 Å². The van der Waals surface area contributed by atoms with Gasteiger partial charge in [0.05, 0.1) is 17.7 Å². The topological polar surface area (TPSA) is 50.4 Å². The third-order valence-electron chi connectivity index (χ3n) is 5.20. The Labute approximate surface area is 176 Å². The molecule has 0 bridgehead atoms. The lowest BCUT2D eigenvalue weighted by Gasteiger charge is -2.33. The predicted molar refractivity (Wildman–Crippen MR) is 118 cm³/mol. The fourth-order valence-electron chi connectivity index (χ4n) is 3.76. The summed E-state index contributed by atoms with van der Waals surface area (Å²) >= 11 is 12.1. The molecular formula is C22H25ClN2O2S. The Balaban J connectivity index is 1.80. The molecule has 28 heavy (non-hydrogen) atoms. The monoisotopic (exact) mass is 416 g/mol. The van der Waals surface area contributed by atoms with Gasteiger partial charge in [-0.2, -0.15) is 0 Å². The van der Waals surface area contributed by atoms with Crippen LogP contribution in [0, 0.1) is 6.92 Å². The van der Waals surface area contributed by atoms with Crippen molar-refractivity contribution in [3.8, 4) is 0 Å². The van der Waals surface area contributed by atoms with Crippen molar-refractivity contribution >= 4 is 40.6 Å². The van der Waals surface area contributed by atoms with Gasteiger partial charge in [-0.05, 0) is 68.2 Å². The summed E-state index contributed by atoms with van der Waals surface area (Å²) in [4.78, 5) is 12.0. The van der Waals surface area contributed by atoms with Crippen molar-refractivity contribution in [2.24, 2.45) is 0 Å². The average molecular weight is 417 g/mol. The van der Waals surface area contributed by atoms with Gasteiger partial charge in [0, 0.05) is 10.7 Å². The van der Waals surface area contributed by atoms with Crippen molar-refractivity contribution in [3.63, 3.8) is 0 Å². The van der Waals surface area contributed by atoms with E-state index >= 15 is 0 Å². The first-order valence-electron chi connectivity index (χ1n) is 9.57. The van der Waals surface area contributed by atoms with Gasteiger partial charge < -0.3 is 15.4 Å². The molecule has 2 aromatic rings. The second-order valence-corrected chi connectivity index (χ2v) is 7.91. The van der Waals surface area contributed by atoms with Gasteiger partial charge in [0.25, 0.3) is 0 Å². The lowest BCUT2D eigenvalue weighted by atomic mass is 9.88. The lowest BCUT2D eigenvalue weighted by Crippen LogP contribution is -2.46. The van der Waals surface area contributed by atoms with E-state index in [9.17, 15) is 4.79 Å². The van der Waals surface area contributed by atoms with Crippen LogP contribution in [0.4, 0.5) is 5.69 Å². The molecule has 1 fully saturated rings. The van der Waals surface area contributed by atoms with E-state index in [1.165, 1.54) is 0 Å². The minimum Gasteiger partial charge on any atom is -0.462 e. The van der Waals surface area contributed by atoms with E-state index in [1.807, 2.05) is 31.2 Å². The third kappa shape index (κ3) is 4.47. The van der Waals surface area contributed by atoms with Gasteiger partial charge in [0.15, 0.2) is 5.11 Å². The van der Waals surface area contributed by atoms with Crippen molar-refractivity contribution in [3.05, 3.63) is 64.2 Å². The van der Waals surface area contributed by atoms with Gasteiger partial charge in [-0.25, -0.2) is 4.79 Å². The molecule has 0 heterocycles. The number of esters is 1. The third-order valence-corrected chi connectivity index (χ3v) is 5.73. The van der Waals surface area contributed by atoms with Crippen LogP contribution in [-0.2, 0) is 10.3 Å². The lowest BCUT2D eigenvalue weighted by molar-refractivity contribution is 0.0526. The van der Waals surface area contributed by atoms with Gasteiger partial charge in [0.1, 0.15) is 0 Å². The highest BCUT2D eigenvalue weighted by atomic mass is 35.5. The molecule has 0 spiro atoms. The highest BCUT2D eigenvalue weighted by Gasteiger charge is 2.37. The summed E-state index contributed by atoms with van der Waals surface area (Å²) in [6, 6.07) is 13.4. The van der Waals surface area contributed by atoms with Crippen molar-refractivity contribution in [1.82, 2.24) is 5.32 Å². The van der Waals surface area contributed by atoms with Crippen LogP contribution in [0.1, 0.15) is 54.1 Å². The van der Waals surface area contributed by atoms with Crippen molar-refractivity contribution in [2.75, 3.05) is 11.9 Å². The smallest absolute Gasteiger partial charge is 0.338 e. The van der Waals surface area contributed by atoms with E-state index in [0.29, 0.717) is 17.3 Å². The first-order chi connectivity index (χ1) is 13.4. The molecular weight excluding hydrogens is 392 g/mol. The van der Waals surface area contributed by atoms with Crippen LogP contribution < -0.4 is 10.6 Å². The van der Waals surface area contributed by atoms with E-state index in [-0.39, 0.29) is 11.5 Å². The van der Waals surface area contributed by atoms with Crippen LogP contribution in [0.15, 0.2) is 42.5 Å². The van der Waals surface area contributed by atoms with Crippen LogP contribution in [-0.4, -0.2) is 17.7 Å². The summed E-state index contributed by atoms with van der Waals surface area (Å²) in [6.07, 6.45) is 4.19. The molecule has 0 saturated heterocycles. The SMILES string of the molecule is CCOC(=O)c1ccc(C)c(NC(=S)NC2(c3ccccc3Cl)CCCC2)c1. The van der Waals surface area contributed by atoms with Crippen molar-refractivity contribution in [2.45, 2.75) is 45.1 Å². The molecule has 0 aromatic heterocycles. The molecule has 2 aromatic carbocycles. The molecule has 0 amide bonds. The molecule has 2 N–H and O–H groups in total. The highest BCUT2D eigenvalue weighted by Crippen LogP contribution is 2.41. The molecule has 0 unspecified atom stereocenters. The average Bonchev–Trinajstić information content (AvgIpc) is 3.13. The Hall–Kier alpha value is -2.11. The zero-order valence-corrected chi connectivity index (χ0v) is 17.8. The van der Waals surface area contributed by atoms with Gasteiger partial charge in [-0.3, -0.25) is 0 Å². The predicted octanol–water partition coefficient (Wildman–Crippen LogP) is 5.58. The summed E-state index contributed by atoms with van der Waals surface area (Å²) in [5.74, 6) is -0.340. The fourth-order valence-corrected chi connectivity index (χ4v) is 4.38. The molecule has 4 nitrogen and oxygen atoms in total. The summed E-state index contributed by atoms with van der Waals surface area (Å²) in [5.41, 5.74) is 3.09. The minimum absolute atomic E-state index is 0.269. The van der Waals surface area contributed by atoms with Crippen LogP contribution in [0.2, 0.25) is 5.02 Å². The maximum Gasteiger partial charge on any atom is 0.338 e. The number of carbonyl (C=O) groups is 1. The molecule has 148 valence electrons. The van der Waals surface area contributed by atoms with Gasteiger partial charge in [-0.15, -0.1) is 0 Å². The maximum atomic E-state index is 12.0. The number of carbonyl (C=O) groups excluding carboxylic acids is 1. The minimum atomic E-state index is -0.340. The quantitative estimate of drug-likeness (QED) is 0.492. The van der Waals surface area contributed by atoms with E-state index < -0.39 is 0 Å². The highest BCUT2D eigenvalue weighted by molar-refractivity contribution is 7.80. The number of thiocarbonyl (C=S) groups is 1. The first kappa shape index (κ1) is 20.6. The molecule has 1 aliphatic carbocycles. The Morgan fingerprint density at radius 3 is 2.61 bits per heavy atom. The summed E-state index contributed by atoms with van der Waals surface area (Å²) < 4.78 is 5.09. The number of anilines is 1. The first-order valence-corrected chi connectivity index (χ1v) is 10.4. The molecule has 0 atom stereocenters. The number of nitrogens with one attached hydrogen (secondary N) is 2. The summed E-state index contributed by atoms with van der Waals surface area (Å²) in [7, 11) is 0.